The molecule has 1 unspecified atom stereocenters. The Balaban J connectivity index is 1.98. The van der Waals surface area contributed by atoms with Crippen LogP contribution in [-0.2, 0) is 24.9 Å². The predicted octanol–water partition coefficient (Wildman–Crippen LogP) is 5.24. The first-order valence-corrected chi connectivity index (χ1v) is 13.9. The first-order chi connectivity index (χ1) is 18.0. The van der Waals surface area contributed by atoms with E-state index in [1.165, 1.54) is 61.2 Å². The standard InChI is InChI=1S/C28H29F3N2O4S/c1-3-38(35,36)24-12-9-21(10-13-24)25-19-23(11-14-26(25)32-20(2)34)27(28(29,30)31,22-7-5-4-6-8-22)33-15-17-37-18-16-33/h4-14,19H,3,15-18H2,1-2H3,(H,32,34). The van der Waals surface area contributed by atoms with E-state index in [-0.39, 0.29) is 54.0 Å². The highest BCUT2D eigenvalue weighted by molar-refractivity contribution is 7.91. The van der Waals surface area contributed by atoms with Crippen LogP contribution in [0.3, 0.4) is 0 Å². The third-order valence-electron chi connectivity index (χ3n) is 6.74. The highest BCUT2D eigenvalue weighted by Crippen LogP contribution is 2.50. The van der Waals surface area contributed by atoms with Gasteiger partial charge in [0.05, 0.1) is 23.9 Å². The molecule has 0 aliphatic carbocycles. The molecule has 0 bridgehead atoms. The van der Waals surface area contributed by atoms with Crippen LogP contribution in [0.5, 0.6) is 0 Å². The molecule has 0 aromatic heterocycles. The number of amides is 1. The number of anilines is 1. The summed E-state index contributed by atoms with van der Waals surface area (Å²) in [4.78, 5) is 13.4. The van der Waals surface area contributed by atoms with Crippen molar-refractivity contribution in [2.45, 2.75) is 30.5 Å². The molecule has 202 valence electrons. The van der Waals surface area contributed by atoms with E-state index in [0.717, 1.165) is 0 Å². The zero-order chi connectivity index (χ0) is 27.6. The average Bonchev–Trinajstić information content (AvgIpc) is 2.90. The van der Waals surface area contributed by atoms with Crippen molar-refractivity contribution in [3.63, 3.8) is 0 Å². The minimum Gasteiger partial charge on any atom is -0.379 e. The van der Waals surface area contributed by atoms with Crippen LogP contribution in [-0.4, -0.2) is 57.5 Å². The lowest BCUT2D eigenvalue weighted by atomic mass is 9.78. The molecule has 0 radical (unpaired) electrons. The van der Waals surface area contributed by atoms with E-state index in [1.54, 1.807) is 30.3 Å². The van der Waals surface area contributed by atoms with Crippen LogP contribution >= 0.6 is 0 Å². The van der Waals surface area contributed by atoms with Crippen molar-refractivity contribution in [2.24, 2.45) is 0 Å². The van der Waals surface area contributed by atoms with Gasteiger partial charge in [-0.25, -0.2) is 8.42 Å². The van der Waals surface area contributed by atoms with Crippen molar-refractivity contribution in [1.29, 1.82) is 0 Å². The van der Waals surface area contributed by atoms with Gasteiger partial charge in [0.25, 0.3) is 0 Å². The summed E-state index contributed by atoms with van der Waals surface area (Å²) < 4.78 is 76.1. The molecule has 3 aromatic rings. The number of benzene rings is 3. The number of halogens is 3. The first kappa shape index (κ1) is 27.8. The number of hydrogen-bond donors (Lipinski definition) is 1. The quantitative estimate of drug-likeness (QED) is 0.439. The van der Waals surface area contributed by atoms with Crippen molar-refractivity contribution < 1.29 is 31.1 Å². The molecule has 3 aromatic carbocycles. The Bertz CT molecular complexity index is 1390. The van der Waals surface area contributed by atoms with Crippen LogP contribution in [0.15, 0.2) is 77.7 Å². The zero-order valence-corrected chi connectivity index (χ0v) is 21.9. The number of carbonyl (C=O) groups excluding carboxylic acids is 1. The summed E-state index contributed by atoms with van der Waals surface area (Å²) in [6.07, 6.45) is -4.71. The zero-order valence-electron chi connectivity index (χ0n) is 21.1. The van der Waals surface area contributed by atoms with Crippen LogP contribution in [0.25, 0.3) is 11.1 Å². The molecule has 1 heterocycles. The second kappa shape index (κ2) is 10.9. The molecular weight excluding hydrogens is 517 g/mol. The van der Waals surface area contributed by atoms with Crippen molar-refractivity contribution in [2.75, 3.05) is 37.4 Å². The predicted molar refractivity (Wildman–Crippen MR) is 140 cm³/mol. The second-order valence-electron chi connectivity index (χ2n) is 9.04. The Labute approximate surface area is 220 Å². The lowest BCUT2D eigenvalue weighted by molar-refractivity contribution is -0.231. The molecule has 0 spiro atoms. The summed E-state index contributed by atoms with van der Waals surface area (Å²) in [6.45, 7) is 3.31. The van der Waals surface area contributed by atoms with Crippen LogP contribution in [0, 0.1) is 0 Å². The molecule has 38 heavy (non-hydrogen) atoms. The number of carbonyl (C=O) groups is 1. The smallest absolute Gasteiger partial charge is 0.379 e. The van der Waals surface area contributed by atoms with Gasteiger partial charge in [0.2, 0.25) is 5.91 Å². The lowest BCUT2D eigenvalue weighted by Gasteiger charge is -2.47. The Hall–Kier alpha value is -3.21. The van der Waals surface area contributed by atoms with E-state index in [0.29, 0.717) is 16.8 Å². The number of ether oxygens (including phenoxy) is 1. The summed E-state index contributed by atoms with van der Waals surface area (Å²) in [5.41, 5.74) is -1.30. The van der Waals surface area contributed by atoms with Gasteiger partial charge < -0.3 is 10.1 Å². The molecule has 1 aliphatic rings. The van der Waals surface area contributed by atoms with Gasteiger partial charge in [0.1, 0.15) is 0 Å². The van der Waals surface area contributed by atoms with E-state index in [4.69, 9.17) is 4.74 Å². The minimum absolute atomic E-state index is 0.0209. The SMILES string of the molecule is CCS(=O)(=O)c1ccc(-c2cc(C(c3ccccc3)(N3CCOCC3)C(F)(F)F)ccc2NC(C)=O)cc1. The van der Waals surface area contributed by atoms with Crippen molar-refractivity contribution in [3.8, 4) is 11.1 Å². The summed E-state index contributed by atoms with van der Waals surface area (Å²) in [5, 5.41) is 2.69. The van der Waals surface area contributed by atoms with E-state index in [2.05, 4.69) is 5.32 Å². The number of morpholine rings is 1. The molecule has 1 N–H and O–H groups in total. The molecule has 1 amide bonds. The Morgan fingerprint density at radius 3 is 2.13 bits per heavy atom. The van der Waals surface area contributed by atoms with Crippen LogP contribution in [0.4, 0.5) is 18.9 Å². The Kier molecular flexibility index (Phi) is 7.96. The van der Waals surface area contributed by atoms with Gasteiger partial charge in [-0.2, -0.15) is 13.2 Å². The maximum atomic E-state index is 15.4. The average molecular weight is 547 g/mol. The summed E-state index contributed by atoms with van der Waals surface area (Å²) >= 11 is 0. The molecule has 1 aliphatic heterocycles. The molecule has 10 heteroatoms. The van der Waals surface area contributed by atoms with Gasteiger partial charge in [-0.15, -0.1) is 0 Å². The maximum absolute atomic E-state index is 15.4. The van der Waals surface area contributed by atoms with Gasteiger partial charge in [-0.05, 0) is 41.0 Å². The van der Waals surface area contributed by atoms with Gasteiger partial charge >= 0.3 is 6.18 Å². The Morgan fingerprint density at radius 2 is 1.58 bits per heavy atom. The fraction of sp³-hybridized carbons (Fsp3) is 0.321. The van der Waals surface area contributed by atoms with Gasteiger partial charge in [0.15, 0.2) is 15.4 Å². The number of alkyl halides is 3. The third kappa shape index (κ3) is 5.21. The summed E-state index contributed by atoms with van der Waals surface area (Å²) in [6, 6.07) is 18.0. The van der Waals surface area contributed by atoms with Crippen LogP contribution < -0.4 is 5.32 Å². The van der Waals surface area contributed by atoms with Gasteiger partial charge in [0, 0.05) is 31.3 Å². The molecule has 1 fully saturated rings. The fourth-order valence-electron chi connectivity index (χ4n) is 4.93. The van der Waals surface area contributed by atoms with Crippen molar-refractivity contribution in [1.82, 2.24) is 4.90 Å². The highest BCUT2D eigenvalue weighted by atomic mass is 32.2. The lowest BCUT2D eigenvalue weighted by Crippen LogP contribution is -2.60. The summed E-state index contributed by atoms with van der Waals surface area (Å²) in [5.74, 6) is -0.466. The van der Waals surface area contributed by atoms with Crippen LogP contribution in [0.1, 0.15) is 25.0 Å². The van der Waals surface area contributed by atoms with E-state index >= 15 is 13.2 Å². The molecule has 1 atom stereocenters. The molecule has 6 nitrogen and oxygen atoms in total. The van der Waals surface area contributed by atoms with Crippen molar-refractivity contribution >= 4 is 21.4 Å². The Morgan fingerprint density at radius 1 is 0.947 bits per heavy atom. The number of hydrogen-bond acceptors (Lipinski definition) is 5. The molecule has 0 saturated carbocycles. The third-order valence-corrected chi connectivity index (χ3v) is 8.49. The normalized spacial score (nSPS) is 16.6. The highest BCUT2D eigenvalue weighted by Gasteiger charge is 2.61. The molecule has 4 rings (SSSR count). The van der Waals surface area contributed by atoms with Gasteiger partial charge in [-0.1, -0.05) is 55.5 Å². The van der Waals surface area contributed by atoms with Gasteiger partial charge in [-0.3, -0.25) is 9.69 Å². The maximum Gasteiger partial charge on any atom is 0.415 e. The minimum atomic E-state index is -4.71. The number of nitrogens with one attached hydrogen (secondary N) is 1. The number of nitrogens with zero attached hydrogens (tertiary/aromatic N) is 1. The molecule has 1 saturated heterocycles. The number of sulfone groups is 1. The van der Waals surface area contributed by atoms with Crippen molar-refractivity contribution in [3.05, 3.63) is 83.9 Å². The number of rotatable bonds is 7. The molecular formula is C28H29F3N2O4S. The first-order valence-electron chi connectivity index (χ1n) is 12.2. The van der Waals surface area contributed by atoms with E-state index < -0.39 is 21.6 Å². The largest absolute Gasteiger partial charge is 0.415 e. The fourth-order valence-corrected chi connectivity index (χ4v) is 5.82. The van der Waals surface area contributed by atoms with Crippen LogP contribution in [0.2, 0.25) is 0 Å². The second-order valence-corrected chi connectivity index (χ2v) is 11.3. The van der Waals surface area contributed by atoms with E-state index in [9.17, 15) is 13.2 Å². The van der Waals surface area contributed by atoms with E-state index in [1.807, 2.05) is 0 Å². The topological polar surface area (TPSA) is 75.7 Å². The monoisotopic (exact) mass is 546 g/mol. The summed E-state index contributed by atoms with van der Waals surface area (Å²) in [7, 11) is -3.46.